The first-order chi connectivity index (χ1) is 9.30. The second kappa shape index (κ2) is 3.79. The van der Waals surface area contributed by atoms with Gasteiger partial charge < -0.3 is 19.9 Å². The van der Waals surface area contributed by atoms with Crippen LogP contribution in [0.25, 0.3) is 0 Å². The molecule has 2 N–H and O–H groups in total. The lowest BCUT2D eigenvalue weighted by molar-refractivity contribution is 0.324. The normalized spacial score (nSPS) is 21.4. The zero-order valence-electron chi connectivity index (χ0n) is 11.3. The second-order valence-corrected chi connectivity index (χ2v) is 5.70. The van der Waals surface area contributed by atoms with Crippen molar-refractivity contribution in [3.8, 4) is 17.2 Å². The highest BCUT2D eigenvalue weighted by Crippen LogP contribution is 2.59. The number of ether oxygens (including phenoxy) is 3. The number of fused-ring (bicyclic) bond motifs is 2. The SMILES string of the molecule is COc1c2c(c(C3(CN)CC3)c3c1OCC3)OCC2. The zero-order valence-corrected chi connectivity index (χ0v) is 11.3. The molecule has 1 saturated carbocycles. The standard InChI is InChI=1S/C15H19NO3/c1-17-13-10-3-7-18-12(10)11(15(8-16)4-5-15)9-2-6-19-14(9)13/h2-8,16H2,1H3. The van der Waals surface area contributed by atoms with Gasteiger partial charge >= 0.3 is 0 Å². The first-order valence-corrected chi connectivity index (χ1v) is 7.02. The van der Waals surface area contributed by atoms with E-state index in [9.17, 15) is 0 Å². The molecule has 0 spiro atoms. The number of nitrogens with two attached hydrogens (primary N) is 1. The molecule has 2 heterocycles. The summed E-state index contributed by atoms with van der Waals surface area (Å²) in [4.78, 5) is 0. The van der Waals surface area contributed by atoms with Gasteiger partial charge in [0.05, 0.1) is 20.3 Å². The van der Waals surface area contributed by atoms with Crippen LogP contribution in [0.5, 0.6) is 17.2 Å². The number of hydrogen-bond donors (Lipinski definition) is 1. The third-order valence-electron chi connectivity index (χ3n) is 4.73. The highest BCUT2D eigenvalue weighted by atomic mass is 16.5. The topological polar surface area (TPSA) is 53.7 Å². The molecule has 0 radical (unpaired) electrons. The van der Waals surface area contributed by atoms with Gasteiger partial charge in [0.25, 0.3) is 0 Å². The molecule has 4 rings (SSSR count). The molecular formula is C15H19NO3. The fourth-order valence-corrected chi connectivity index (χ4v) is 3.55. The van der Waals surface area contributed by atoms with Crippen LogP contribution in [0.15, 0.2) is 0 Å². The third kappa shape index (κ3) is 1.38. The molecule has 4 nitrogen and oxygen atoms in total. The lowest BCUT2D eigenvalue weighted by Gasteiger charge is -2.22. The van der Waals surface area contributed by atoms with Crippen molar-refractivity contribution < 1.29 is 14.2 Å². The van der Waals surface area contributed by atoms with Crippen molar-refractivity contribution in [1.82, 2.24) is 0 Å². The number of rotatable bonds is 3. The number of hydrogen-bond acceptors (Lipinski definition) is 4. The van der Waals surface area contributed by atoms with Crippen LogP contribution in [-0.2, 0) is 18.3 Å². The van der Waals surface area contributed by atoms with Crippen LogP contribution in [0.2, 0.25) is 0 Å². The van der Waals surface area contributed by atoms with E-state index < -0.39 is 0 Å². The van der Waals surface area contributed by atoms with Crippen LogP contribution in [-0.4, -0.2) is 26.9 Å². The number of methoxy groups -OCH3 is 1. The van der Waals surface area contributed by atoms with Gasteiger partial charge in [0.2, 0.25) is 0 Å². The van der Waals surface area contributed by atoms with Crippen LogP contribution in [0, 0.1) is 0 Å². The van der Waals surface area contributed by atoms with E-state index in [2.05, 4.69) is 0 Å². The second-order valence-electron chi connectivity index (χ2n) is 5.70. The Morgan fingerprint density at radius 2 is 1.79 bits per heavy atom. The maximum Gasteiger partial charge on any atom is 0.168 e. The summed E-state index contributed by atoms with van der Waals surface area (Å²) >= 11 is 0. The predicted molar refractivity (Wildman–Crippen MR) is 71.4 cm³/mol. The van der Waals surface area contributed by atoms with Gasteiger partial charge in [-0.1, -0.05) is 0 Å². The van der Waals surface area contributed by atoms with Crippen LogP contribution in [0.4, 0.5) is 0 Å². The summed E-state index contributed by atoms with van der Waals surface area (Å²) in [5.41, 5.74) is 9.96. The molecule has 0 unspecified atom stereocenters. The fourth-order valence-electron chi connectivity index (χ4n) is 3.55. The Morgan fingerprint density at radius 3 is 2.42 bits per heavy atom. The minimum absolute atomic E-state index is 0.137. The quantitative estimate of drug-likeness (QED) is 0.897. The molecule has 1 aromatic carbocycles. The summed E-state index contributed by atoms with van der Waals surface area (Å²) in [5, 5.41) is 0. The average Bonchev–Trinajstić information content (AvgIpc) is 2.86. The van der Waals surface area contributed by atoms with Crippen molar-refractivity contribution in [3.63, 3.8) is 0 Å². The Labute approximate surface area is 112 Å². The highest BCUT2D eigenvalue weighted by Gasteiger charge is 2.49. The zero-order chi connectivity index (χ0) is 13.0. The molecular weight excluding hydrogens is 242 g/mol. The Hall–Kier alpha value is -1.42. The highest BCUT2D eigenvalue weighted by molar-refractivity contribution is 5.68. The maximum atomic E-state index is 6.03. The molecule has 1 aromatic rings. The van der Waals surface area contributed by atoms with E-state index in [-0.39, 0.29) is 5.41 Å². The van der Waals surface area contributed by atoms with E-state index in [4.69, 9.17) is 19.9 Å². The Bertz CT molecular complexity index is 514. The van der Waals surface area contributed by atoms with Gasteiger partial charge in [-0.15, -0.1) is 0 Å². The Kier molecular flexibility index (Phi) is 2.28. The van der Waals surface area contributed by atoms with Crippen molar-refractivity contribution in [2.45, 2.75) is 31.1 Å². The van der Waals surface area contributed by atoms with E-state index >= 15 is 0 Å². The van der Waals surface area contributed by atoms with Gasteiger partial charge in [-0.25, -0.2) is 0 Å². The van der Waals surface area contributed by atoms with Crippen LogP contribution in [0.1, 0.15) is 29.5 Å². The molecule has 1 fully saturated rings. The molecule has 4 heteroatoms. The van der Waals surface area contributed by atoms with Gasteiger partial charge in [0.1, 0.15) is 5.75 Å². The van der Waals surface area contributed by atoms with Gasteiger partial charge in [-0.2, -0.15) is 0 Å². The largest absolute Gasteiger partial charge is 0.492 e. The van der Waals surface area contributed by atoms with E-state index in [1.807, 2.05) is 0 Å². The van der Waals surface area contributed by atoms with Gasteiger partial charge in [-0.05, 0) is 12.8 Å². The van der Waals surface area contributed by atoms with Crippen molar-refractivity contribution in [1.29, 1.82) is 0 Å². The van der Waals surface area contributed by atoms with Crippen molar-refractivity contribution in [2.24, 2.45) is 5.73 Å². The number of benzene rings is 1. The van der Waals surface area contributed by atoms with Crippen molar-refractivity contribution >= 4 is 0 Å². The minimum Gasteiger partial charge on any atom is -0.492 e. The van der Waals surface area contributed by atoms with E-state index in [0.717, 1.165) is 56.1 Å². The monoisotopic (exact) mass is 261 g/mol. The third-order valence-corrected chi connectivity index (χ3v) is 4.73. The fraction of sp³-hybridized carbons (Fsp3) is 0.600. The van der Waals surface area contributed by atoms with Crippen molar-refractivity contribution in [2.75, 3.05) is 26.9 Å². The summed E-state index contributed by atoms with van der Waals surface area (Å²) < 4.78 is 17.4. The van der Waals surface area contributed by atoms with Crippen LogP contribution < -0.4 is 19.9 Å². The lowest BCUT2D eigenvalue weighted by atomic mass is 9.87. The summed E-state index contributed by atoms with van der Waals surface area (Å²) in [6.45, 7) is 2.17. The molecule has 0 aromatic heterocycles. The van der Waals surface area contributed by atoms with E-state index in [1.54, 1.807) is 7.11 Å². The molecule has 0 atom stereocenters. The van der Waals surface area contributed by atoms with E-state index in [1.165, 1.54) is 16.7 Å². The Morgan fingerprint density at radius 1 is 1.11 bits per heavy atom. The van der Waals surface area contributed by atoms with Crippen LogP contribution in [0.3, 0.4) is 0 Å². The molecule has 0 bridgehead atoms. The summed E-state index contributed by atoms with van der Waals surface area (Å²) in [6, 6.07) is 0. The Balaban J connectivity index is 2.01. The molecule has 1 aliphatic carbocycles. The molecule has 0 saturated heterocycles. The molecule has 0 amide bonds. The van der Waals surface area contributed by atoms with Gasteiger partial charge in [-0.3, -0.25) is 0 Å². The summed E-state index contributed by atoms with van der Waals surface area (Å²) in [6.07, 6.45) is 4.18. The lowest BCUT2D eigenvalue weighted by Crippen LogP contribution is -2.22. The molecule has 3 aliphatic rings. The summed E-state index contributed by atoms with van der Waals surface area (Å²) in [5.74, 6) is 2.88. The molecule has 19 heavy (non-hydrogen) atoms. The molecule has 102 valence electrons. The van der Waals surface area contributed by atoms with Crippen LogP contribution >= 0.6 is 0 Å². The van der Waals surface area contributed by atoms with Crippen molar-refractivity contribution in [3.05, 3.63) is 16.7 Å². The van der Waals surface area contributed by atoms with Gasteiger partial charge in [0, 0.05) is 41.5 Å². The first kappa shape index (κ1) is 11.4. The predicted octanol–water partition coefficient (Wildman–Crippen LogP) is 1.56. The summed E-state index contributed by atoms with van der Waals surface area (Å²) in [7, 11) is 1.71. The average molecular weight is 261 g/mol. The smallest absolute Gasteiger partial charge is 0.168 e. The first-order valence-electron chi connectivity index (χ1n) is 7.02. The minimum atomic E-state index is 0.137. The maximum absolute atomic E-state index is 6.03. The van der Waals surface area contributed by atoms with E-state index in [0.29, 0.717) is 6.54 Å². The molecule has 2 aliphatic heterocycles. The van der Waals surface area contributed by atoms with Gasteiger partial charge in [0.15, 0.2) is 11.5 Å².